The average molecular weight is 291 g/mol. The molecule has 0 saturated carbocycles. The quantitative estimate of drug-likeness (QED) is 0.653. The van der Waals surface area contributed by atoms with Crippen LogP contribution in [-0.4, -0.2) is 17.0 Å². The van der Waals surface area contributed by atoms with Gasteiger partial charge in [0.1, 0.15) is 5.82 Å². The van der Waals surface area contributed by atoms with Crippen molar-refractivity contribution in [2.45, 2.75) is 13.1 Å². The van der Waals surface area contributed by atoms with Crippen LogP contribution in [0.5, 0.6) is 5.88 Å². The molecule has 0 fully saturated rings. The maximum atomic E-state index is 13.3. The Morgan fingerprint density at radius 1 is 1.29 bits per heavy atom. The molecule has 21 heavy (non-hydrogen) atoms. The summed E-state index contributed by atoms with van der Waals surface area (Å²) >= 11 is 0. The summed E-state index contributed by atoms with van der Waals surface area (Å²) in [4.78, 5) is 14.1. The Kier molecular flexibility index (Phi) is 4.78. The standard InChI is InChI=1S/C14H14FN3O3/c1-21-14-3-2-10(9-17-14)7-16-8-11-4-12(15)6-13(5-11)18(19)20/h2-6,9,16H,7-8H2,1H3. The first-order chi connectivity index (χ1) is 10.1. The molecule has 0 atom stereocenters. The van der Waals surface area contributed by atoms with Crippen LogP contribution in [0.1, 0.15) is 11.1 Å². The van der Waals surface area contributed by atoms with E-state index in [-0.39, 0.29) is 5.69 Å². The molecule has 0 saturated heterocycles. The zero-order valence-corrected chi connectivity index (χ0v) is 11.4. The van der Waals surface area contributed by atoms with Gasteiger partial charge in [0.25, 0.3) is 5.69 Å². The maximum Gasteiger partial charge on any atom is 0.272 e. The Morgan fingerprint density at radius 3 is 2.67 bits per heavy atom. The van der Waals surface area contributed by atoms with Gasteiger partial charge in [0.15, 0.2) is 0 Å². The van der Waals surface area contributed by atoms with Crippen molar-refractivity contribution >= 4 is 5.69 Å². The van der Waals surface area contributed by atoms with Crippen LogP contribution in [0.15, 0.2) is 36.5 Å². The predicted molar refractivity (Wildman–Crippen MR) is 74.4 cm³/mol. The molecule has 0 spiro atoms. The van der Waals surface area contributed by atoms with E-state index in [9.17, 15) is 14.5 Å². The van der Waals surface area contributed by atoms with Gasteiger partial charge in [-0.25, -0.2) is 9.37 Å². The summed E-state index contributed by atoms with van der Waals surface area (Å²) in [5, 5.41) is 13.7. The lowest BCUT2D eigenvalue weighted by molar-refractivity contribution is -0.385. The minimum Gasteiger partial charge on any atom is -0.481 e. The van der Waals surface area contributed by atoms with Crippen LogP contribution in [0.25, 0.3) is 0 Å². The number of aromatic nitrogens is 1. The van der Waals surface area contributed by atoms with Gasteiger partial charge < -0.3 is 10.1 Å². The zero-order chi connectivity index (χ0) is 15.2. The van der Waals surface area contributed by atoms with E-state index in [0.717, 1.165) is 11.6 Å². The first-order valence-electron chi connectivity index (χ1n) is 6.22. The minimum atomic E-state index is -0.618. The van der Waals surface area contributed by atoms with Crippen molar-refractivity contribution in [1.82, 2.24) is 10.3 Å². The SMILES string of the molecule is COc1ccc(CNCc2cc(F)cc([N+](=O)[O-])c2)cn1. The molecule has 0 aliphatic rings. The van der Waals surface area contributed by atoms with Crippen LogP contribution in [0.3, 0.4) is 0 Å². The Bertz CT molecular complexity index is 632. The summed E-state index contributed by atoms with van der Waals surface area (Å²) in [5.41, 5.74) is 1.20. The lowest BCUT2D eigenvalue weighted by Gasteiger charge is -2.06. The fraction of sp³-hybridized carbons (Fsp3) is 0.214. The summed E-state index contributed by atoms with van der Waals surface area (Å²) in [5.74, 6) is -0.0911. The van der Waals surface area contributed by atoms with Gasteiger partial charge >= 0.3 is 0 Å². The minimum absolute atomic E-state index is 0.252. The summed E-state index contributed by atoms with van der Waals surface area (Å²) in [6.07, 6.45) is 1.67. The summed E-state index contributed by atoms with van der Waals surface area (Å²) < 4.78 is 18.2. The highest BCUT2D eigenvalue weighted by Crippen LogP contribution is 2.16. The van der Waals surface area contributed by atoms with Crippen LogP contribution in [0.2, 0.25) is 0 Å². The number of nitro groups is 1. The van der Waals surface area contributed by atoms with E-state index in [0.29, 0.717) is 24.5 Å². The zero-order valence-electron chi connectivity index (χ0n) is 11.4. The topological polar surface area (TPSA) is 77.3 Å². The molecule has 7 heteroatoms. The predicted octanol–water partition coefficient (Wildman–Crippen LogP) is 2.43. The summed E-state index contributed by atoms with van der Waals surface area (Å²) in [7, 11) is 1.54. The Morgan fingerprint density at radius 2 is 2.05 bits per heavy atom. The van der Waals surface area contributed by atoms with Crippen molar-refractivity contribution in [1.29, 1.82) is 0 Å². The molecule has 2 aromatic rings. The fourth-order valence-electron chi connectivity index (χ4n) is 1.83. The third-order valence-electron chi connectivity index (χ3n) is 2.82. The molecule has 1 N–H and O–H groups in total. The average Bonchev–Trinajstić information content (AvgIpc) is 2.47. The molecular formula is C14H14FN3O3. The van der Waals surface area contributed by atoms with Gasteiger partial charge in [0.05, 0.1) is 18.1 Å². The van der Waals surface area contributed by atoms with Crippen LogP contribution >= 0.6 is 0 Å². The van der Waals surface area contributed by atoms with Crippen LogP contribution in [0, 0.1) is 15.9 Å². The van der Waals surface area contributed by atoms with Gasteiger partial charge in [-0.2, -0.15) is 0 Å². The molecule has 1 heterocycles. The third-order valence-corrected chi connectivity index (χ3v) is 2.82. The number of hydrogen-bond donors (Lipinski definition) is 1. The second-order valence-corrected chi connectivity index (χ2v) is 4.39. The molecule has 1 aromatic carbocycles. The molecule has 0 bridgehead atoms. The summed E-state index contributed by atoms with van der Waals surface area (Å²) in [6, 6.07) is 7.11. The van der Waals surface area contributed by atoms with Crippen molar-refractivity contribution < 1.29 is 14.1 Å². The Hall–Kier alpha value is -2.54. The third kappa shape index (κ3) is 4.22. The van der Waals surface area contributed by atoms with Crippen molar-refractivity contribution in [3.05, 3.63) is 63.6 Å². The first-order valence-corrected chi connectivity index (χ1v) is 6.22. The maximum absolute atomic E-state index is 13.3. The number of nitrogens with zero attached hydrogens (tertiary/aromatic N) is 2. The highest BCUT2D eigenvalue weighted by atomic mass is 19.1. The lowest BCUT2D eigenvalue weighted by atomic mass is 10.2. The monoisotopic (exact) mass is 291 g/mol. The van der Waals surface area contributed by atoms with Crippen molar-refractivity contribution in [3.8, 4) is 5.88 Å². The van der Waals surface area contributed by atoms with Crippen molar-refractivity contribution in [2.24, 2.45) is 0 Å². The molecule has 6 nitrogen and oxygen atoms in total. The van der Waals surface area contributed by atoms with Crippen molar-refractivity contribution in [3.63, 3.8) is 0 Å². The number of nitrogens with one attached hydrogen (secondary N) is 1. The Balaban J connectivity index is 1.95. The molecule has 110 valence electrons. The largest absolute Gasteiger partial charge is 0.481 e. The van der Waals surface area contributed by atoms with E-state index >= 15 is 0 Å². The number of non-ortho nitro benzene ring substituents is 1. The molecule has 0 aliphatic heterocycles. The smallest absolute Gasteiger partial charge is 0.272 e. The second-order valence-electron chi connectivity index (χ2n) is 4.39. The molecule has 0 aliphatic carbocycles. The van der Waals surface area contributed by atoms with E-state index in [1.807, 2.05) is 6.07 Å². The van der Waals surface area contributed by atoms with Gasteiger partial charge in [-0.15, -0.1) is 0 Å². The van der Waals surface area contributed by atoms with E-state index in [2.05, 4.69) is 10.3 Å². The Labute approximate surface area is 120 Å². The van der Waals surface area contributed by atoms with Crippen LogP contribution in [-0.2, 0) is 13.1 Å². The fourth-order valence-corrected chi connectivity index (χ4v) is 1.83. The molecular weight excluding hydrogens is 277 g/mol. The van der Waals surface area contributed by atoms with Gasteiger partial charge in [0, 0.05) is 31.4 Å². The van der Waals surface area contributed by atoms with Crippen molar-refractivity contribution in [2.75, 3.05) is 7.11 Å². The molecule has 0 unspecified atom stereocenters. The normalized spacial score (nSPS) is 10.4. The van der Waals surface area contributed by atoms with E-state index in [1.54, 1.807) is 12.3 Å². The number of rotatable bonds is 6. The number of benzene rings is 1. The lowest BCUT2D eigenvalue weighted by Crippen LogP contribution is -2.13. The van der Waals surface area contributed by atoms with E-state index in [4.69, 9.17) is 4.74 Å². The van der Waals surface area contributed by atoms with E-state index < -0.39 is 10.7 Å². The number of halogens is 1. The highest BCUT2D eigenvalue weighted by molar-refractivity contribution is 5.35. The number of pyridine rings is 1. The molecule has 2 rings (SSSR count). The van der Waals surface area contributed by atoms with Crippen LogP contribution in [0.4, 0.5) is 10.1 Å². The van der Waals surface area contributed by atoms with Gasteiger partial charge in [-0.3, -0.25) is 10.1 Å². The number of ether oxygens (including phenoxy) is 1. The second kappa shape index (κ2) is 6.76. The van der Waals surface area contributed by atoms with Gasteiger partial charge in [0.2, 0.25) is 5.88 Å². The first kappa shape index (κ1) is 14.9. The summed E-state index contributed by atoms with van der Waals surface area (Å²) in [6.45, 7) is 0.839. The molecule has 0 radical (unpaired) electrons. The molecule has 1 aromatic heterocycles. The van der Waals surface area contributed by atoms with Crippen LogP contribution < -0.4 is 10.1 Å². The number of nitro benzene ring substituents is 1. The van der Waals surface area contributed by atoms with Gasteiger partial charge in [-0.05, 0) is 17.2 Å². The number of hydrogen-bond acceptors (Lipinski definition) is 5. The number of methoxy groups -OCH3 is 1. The highest BCUT2D eigenvalue weighted by Gasteiger charge is 2.09. The molecule has 0 amide bonds. The van der Waals surface area contributed by atoms with Gasteiger partial charge in [-0.1, -0.05) is 6.07 Å². The van der Waals surface area contributed by atoms with E-state index in [1.165, 1.54) is 19.2 Å².